The minimum atomic E-state index is -1.19. The molecule has 8 heteroatoms. The molecule has 0 bridgehead atoms. The Hall–Kier alpha value is -2.90. The van der Waals surface area contributed by atoms with E-state index in [1.54, 1.807) is 13.8 Å². The Bertz CT molecular complexity index is 734. The fourth-order valence-corrected chi connectivity index (χ4v) is 3.39. The number of amides is 2. The molecule has 2 amide bonds. The molecular weight excluding hydrogens is 376 g/mol. The van der Waals surface area contributed by atoms with Gasteiger partial charge in [-0.05, 0) is 30.2 Å². The number of carboxylic acid groups (broad SMARTS) is 1. The second-order valence-corrected chi connectivity index (χ2v) is 7.65. The number of hydrogen-bond acceptors (Lipinski definition) is 5. The highest BCUT2D eigenvalue weighted by molar-refractivity contribution is 5.90. The molecule has 29 heavy (non-hydrogen) atoms. The van der Waals surface area contributed by atoms with Gasteiger partial charge in [-0.3, -0.25) is 9.59 Å². The number of carboxylic acids is 1. The summed E-state index contributed by atoms with van der Waals surface area (Å²) < 4.78 is 5.15. The number of benzene rings is 1. The molecular formula is C21H28N2O6. The van der Waals surface area contributed by atoms with Crippen LogP contribution in [0.1, 0.15) is 45.1 Å². The van der Waals surface area contributed by atoms with Gasteiger partial charge in [0.05, 0.1) is 0 Å². The third kappa shape index (κ3) is 6.89. The maximum atomic E-state index is 12.7. The van der Waals surface area contributed by atoms with Crippen molar-refractivity contribution in [2.24, 2.45) is 11.8 Å². The van der Waals surface area contributed by atoms with Crippen LogP contribution in [0.15, 0.2) is 30.3 Å². The third-order valence-corrected chi connectivity index (χ3v) is 4.99. The molecule has 0 aliphatic heterocycles. The van der Waals surface area contributed by atoms with Crippen molar-refractivity contribution in [3.05, 3.63) is 35.9 Å². The number of nitrogens with one attached hydrogen (secondary N) is 2. The summed E-state index contributed by atoms with van der Waals surface area (Å²) in [7, 11) is 0. The summed E-state index contributed by atoms with van der Waals surface area (Å²) in [4.78, 5) is 48.2. The van der Waals surface area contributed by atoms with Crippen molar-refractivity contribution in [3.63, 3.8) is 0 Å². The average molecular weight is 404 g/mol. The van der Waals surface area contributed by atoms with E-state index in [1.807, 2.05) is 30.3 Å². The number of Topliss-reactive ketones (excluding diaryl/α,β-unsaturated/α-hetero) is 1. The lowest BCUT2D eigenvalue weighted by Gasteiger charge is -2.29. The molecule has 1 fully saturated rings. The second-order valence-electron chi connectivity index (χ2n) is 7.65. The highest BCUT2D eigenvalue weighted by Crippen LogP contribution is 2.25. The van der Waals surface area contributed by atoms with Gasteiger partial charge in [-0.25, -0.2) is 9.59 Å². The van der Waals surface area contributed by atoms with E-state index < -0.39 is 36.0 Å². The first-order valence-corrected chi connectivity index (χ1v) is 9.80. The molecule has 3 atom stereocenters. The number of carbonyl (C=O) groups is 4. The number of carbonyl (C=O) groups excluding carboxylic acids is 3. The van der Waals surface area contributed by atoms with Crippen LogP contribution in [0.25, 0.3) is 0 Å². The molecule has 158 valence electrons. The van der Waals surface area contributed by atoms with Crippen LogP contribution in [-0.4, -0.2) is 40.9 Å². The molecule has 0 aromatic heterocycles. The van der Waals surface area contributed by atoms with E-state index in [9.17, 15) is 24.3 Å². The number of aliphatic carboxylic acids is 1. The lowest BCUT2D eigenvalue weighted by atomic mass is 9.83. The van der Waals surface area contributed by atoms with Crippen LogP contribution in [0.5, 0.6) is 0 Å². The molecule has 1 aliphatic carbocycles. The van der Waals surface area contributed by atoms with Gasteiger partial charge in [0.25, 0.3) is 0 Å². The van der Waals surface area contributed by atoms with Crippen molar-refractivity contribution >= 4 is 23.8 Å². The quantitative estimate of drug-likeness (QED) is 0.611. The predicted molar refractivity (Wildman–Crippen MR) is 105 cm³/mol. The molecule has 0 unspecified atom stereocenters. The first-order chi connectivity index (χ1) is 13.8. The Balaban J connectivity index is 1.96. The summed E-state index contributed by atoms with van der Waals surface area (Å²) in [6.07, 6.45) is 0.987. The van der Waals surface area contributed by atoms with Gasteiger partial charge < -0.3 is 20.5 Å². The number of rotatable bonds is 8. The topological polar surface area (TPSA) is 122 Å². The van der Waals surface area contributed by atoms with Gasteiger partial charge in [-0.1, -0.05) is 44.2 Å². The minimum Gasteiger partial charge on any atom is -0.480 e. The number of alkyl carbamates (subject to hydrolysis) is 1. The van der Waals surface area contributed by atoms with Crippen LogP contribution in [0.4, 0.5) is 4.79 Å². The molecule has 8 nitrogen and oxygen atoms in total. The van der Waals surface area contributed by atoms with Gasteiger partial charge >= 0.3 is 12.1 Å². The van der Waals surface area contributed by atoms with Crippen molar-refractivity contribution in [3.8, 4) is 0 Å². The van der Waals surface area contributed by atoms with Crippen LogP contribution < -0.4 is 10.6 Å². The van der Waals surface area contributed by atoms with Gasteiger partial charge in [0.15, 0.2) is 0 Å². The van der Waals surface area contributed by atoms with E-state index in [2.05, 4.69) is 10.6 Å². The Labute approximate surface area is 170 Å². The monoisotopic (exact) mass is 404 g/mol. The van der Waals surface area contributed by atoms with Crippen molar-refractivity contribution in [2.75, 3.05) is 0 Å². The van der Waals surface area contributed by atoms with Gasteiger partial charge in [-0.2, -0.15) is 0 Å². The largest absolute Gasteiger partial charge is 0.480 e. The van der Waals surface area contributed by atoms with Gasteiger partial charge in [0, 0.05) is 12.8 Å². The Morgan fingerprint density at radius 3 is 2.45 bits per heavy atom. The molecule has 0 radical (unpaired) electrons. The summed E-state index contributed by atoms with van der Waals surface area (Å²) in [6, 6.07) is 6.98. The molecule has 0 saturated heterocycles. The fraction of sp³-hybridized carbons (Fsp3) is 0.524. The van der Waals surface area contributed by atoms with Crippen LogP contribution in [0, 0.1) is 11.8 Å². The smallest absolute Gasteiger partial charge is 0.408 e. The molecule has 1 aromatic carbocycles. The Morgan fingerprint density at radius 1 is 1.17 bits per heavy atom. The van der Waals surface area contributed by atoms with Gasteiger partial charge in [-0.15, -0.1) is 0 Å². The summed E-state index contributed by atoms with van der Waals surface area (Å²) in [5.74, 6) is -2.53. The van der Waals surface area contributed by atoms with E-state index in [0.29, 0.717) is 19.3 Å². The number of ketones is 1. The number of hydrogen-bond donors (Lipinski definition) is 3. The van der Waals surface area contributed by atoms with E-state index in [1.165, 1.54) is 0 Å². The summed E-state index contributed by atoms with van der Waals surface area (Å²) in [6.45, 7) is 3.53. The maximum absolute atomic E-state index is 12.7. The zero-order valence-corrected chi connectivity index (χ0v) is 16.7. The fourth-order valence-electron chi connectivity index (χ4n) is 3.39. The summed E-state index contributed by atoms with van der Waals surface area (Å²) in [5.41, 5.74) is 0.807. The SMILES string of the molecule is CC(C)[C@H](NC(=O)OCc1ccccc1)C(=O)N[C@H](C(=O)O)[C@@H]1CCCC(=O)C1. The third-order valence-electron chi connectivity index (χ3n) is 4.99. The maximum Gasteiger partial charge on any atom is 0.408 e. The normalized spacial score (nSPS) is 18.6. The molecule has 3 N–H and O–H groups in total. The molecule has 2 rings (SSSR count). The van der Waals surface area contributed by atoms with E-state index >= 15 is 0 Å². The highest BCUT2D eigenvalue weighted by atomic mass is 16.5. The van der Waals surface area contributed by atoms with Gasteiger partial charge in [0.2, 0.25) is 5.91 Å². The predicted octanol–water partition coefficient (Wildman–Crippen LogP) is 2.27. The molecule has 0 spiro atoms. The summed E-state index contributed by atoms with van der Waals surface area (Å²) in [5, 5.41) is 14.6. The van der Waals surface area contributed by atoms with Crippen molar-refractivity contribution in [1.29, 1.82) is 0 Å². The average Bonchev–Trinajstić information content (AvgIpc) is 2.68. The lowest BCUT2D eigenvalue weighted by molar-refractivity contribution is -0.144. The van der Waals surface area contributed by atoms with Crippen molar-refractivity contribution < 1.29 is 29.0 Å². The standard InChI is InChI=1S/C21H28N2O6/c1-13(2)17(23-21(28)29-12-14-7-4-3-5-8-14)19(25)22-18(20(26)27)15-9-6-10-16(24)11-15/h3-5,7-8,13,15,17-18H,6,9-12H2,1-2H3,(H,22,25)(H,23,28)(H,26,27)/t15-,17+,18+/m1/s1. The van der Waals surface area contributed by atoms with Crippen LogP contribution in [-0.2, 0) is 25.7 Å². The number of ether oxygens (including phenoxy) is 1. The first kappa shape index (κ1) is 22.4. The van der Waals surface area contributed by atoms with Crippen molar-refractivity contribution in [1.82, 2.24) is 10.6 Å². The zero-order chi connectivity index (χ0) is 21.4. The van der Waals surface area contributed by atoms with E-state index in [4.69, 9.17) is 4.74 Å². The van der Waals surface area contributed by atoms with Gasteiger partial charge in [0.1, 0.15) is 24.5 Å². The van der Waals surface area contributed by atoms with Crippen molar-refractivity contribution in [2.45, 2.75) is 58.2 Å². The summed E-state index contributed by atoms with van der Waals surface area (Å²) >= 11 is 0. The highest BCUT2D eigenvalue weighted by Gasteiger charge is 2.35. The lowest BCUT2D eigenvalue weighted by Crippen LogP contribution is -2.56. The van der Waals surface area contributed by atoms with E-state index in [0.717, 1.165) is 5.56 Å². The molecule has 0 heterocycles. The first-order valence-electron chi connectivity index (χ1n) is 9.80. The van der Waals surface area contributed by atoms with Crippen LogP contribution in [0.3, 0.4) is 0 Å². The van der Waals surface area contributed by atoms with Crippen LogP contribution in [0.2, 0.25) is 0 Å². The second kappa shape index (κ2) is 10.6. The Morgan fingerprint density at radius 2 is 1.86 bits per heavy atom. The minimum absolute atomic E-state index is 0.00442. The zero-order valence-electron chi connectivity index (χ0n) is 16.7. The Kier molecular flexibility index (Phi) is 8.18. The van der Waals surface area contributed by atoms with E-state index in [-0.39, 0.29) is 24.7 Å². The molecule has 1 saturated carbocycles. The van der Waals surface area contributed by atoms with Crippen LogP contribution >= 0.6 is 0 Å². The molecule has 1 aromatic rings. The molecule has 1 aliphatic rings.